The van der Waals surface area contributed by atoms with Crippen LogP contribution in [0, 0.1) is 5.82 Å². The number of sulfone groups is 1. The molecule has 2 N–H and O–H groups in total. The van der Waals surface area contributed by atoms with Gasteiger partial charge in [-0.1, -0.05) is 24.3 Å². The van der Waals surface area contributed by atoms with Gasteiger partial charge in [0, 0.05) is 12.0 Å². The minimum atomic E-state index is -3.50. The number of carbonyl (C=O) groups is 1. The number of hydrogen-bond acceptors (Lipinski definition) is 3. The molecule has 1 aliphatic rings. The van der Waals surface area contributed by atoms with E-state index in [0.717, 1.165) is 12.0 Å². The number of halogens is 1. The average molecular weight is 376 g/mol. The molecule has 0 spiro atoms. The first-order valence-corrected chi connectivity index (χ1v) is 9.99. The monoisotopic (exact) mass is 376 g/mol. The summed E-state index contributed by atoms with van der Waals surface area (Å²) in [6, 6.07) is 12.1. The molecular formula is C19H21FN2O3S. The fourth-order valence-electron chi connectivity index (χ4n) is 2.83. The van der Waals surface area contributed by atoms with Gasteiger partial charge >= 0.3 is 6.03 Å². The fourth-order valence-corrected chi connectivity index (χ4v) is 4.03. The third-order valence-electron chi connectivity index (χ3n) is 4.47. The lowest BCUT2D eigenvalue weighted by atomic mass is 10.1. The second-order valence-electron chi connectivity index (χ2n) is 6.69. The number of rotatable bonds is 5. The molecule has 7 heteroatoms. The van der Waals surface area contributed by atoms with E-state index in [1.807, 2.05) is 0 Å². The molecule has 1 aliphatic carbocycles. The molecule has 138 valence electrons. The van der Waals surface area contributed by atoms with Crippen LogP contribution >= 0.6 is 0 Å². The molecule has 0 unspecified atom stereocenters. The largest absolute Gasteiger partial charge is 0.334 e. The molecule has 0 heterocycles. The summed E-state index contributed by atoms with van der Waals surface area (Å²) >= 11 is 0. The van der Waals surface area contributed by atoms with Crippen molar-refractivity contribution in [3.8, 4) is 0 Å². The van der Waals surface area contributed by atoms with E-state index in [-0.39, 0.29) is 28.4 Å². The van der Waals surface area contributed by atoms with Crippen LogP contribution in [0.3, 0.4) is 0 Å². The van der Waals surface area contributed by atoms with Crippen molar-refractivity contribution in [3.05, 3.63) is 59.9 Å². The molecule has 2 amide bonds. The van der Waals surface area contributed by atoms with Gasteiger partial charge in [-0.05, 0) is 50.1 Å². The van der Waals surface area contributed by atoms with Crippen molar-refractivity contribution in [2.45, 2.75) is 42.4 Å². The predicted molar refractivity (Wildman–Crippen MR) is 98.5 cm³/mol. The molecule has 0 aromatic heterocycles. The molecular weight excluding hydrogens is 355 g/mol. The highest BCUT2D eigenvalue weighted by atomic mass is 32.2. The number of anilines is 1. The standard InChI is InChI=1S/C19H21FN2O3S/c1-12(2)26(24,25)18-6-4-3-5-16(18)21-19(23)22-17-11-15(17)13-7-9-14(20)10-8-13/h3-10,12,15,17H,11H2,1-2H3,(H2,21,22,23)/t15-,17+/m0/s1. The number of carbonyl (C=O) groups excluding carboxylic acids is 1. The van der Waals surface area contributed by atoms with Crippen molar-refractivity contribution in [1.82, 2.24) is 5.32 Å². The van der Waals surface area contributed by atoms with E-state index in [1.54, 1.807) is 44.2 Å². The maximum atomic E-state index is 13.0. The Bertz CT molecular complexity index is 911. The lowest BCUT2D eigenvalue weighted by Gasteiger charge is -2.14. The molecule has 0 bridgehead atoms. The van der Waals surface area contributed by atoms with Crippen molar-refractivity contribution >= 4 is 21.6 Å². The Kier molecular flexibility index (Phi) is 5.00. The fraction of sp³-hybridized carbons (Fsp3) is 0.316. The normalized spacial score (nSPS) is 19.2. The molecule has 5 nitrogen and oxygen atoms in total. The maximum Gasteiger partial charge on any atom is 0.319 e. The lowest BCUT2D eigenvalue weighted by Crippen LogP contribution is -2.32. The summed E-state index contributed by atoms with van der Waals surface area (Å²) in [6.07, 6.45) is 0.769. The molecule has 0 saturated heterocycles. The minimum absolute atomic E-state index is 0.0469. The van der Waals surface area contributed by atoms with Gasteiger partial charge in [0.2, 0.25) is 0 Å². The van der Waals surface area contributed by atoms with Gasteiger partial charge in [-0.25, -0.2) is 17.6 Å². The average Bonchev–Trinajstić information content (AvgIpc) is 3.34. The van der Waals surface area contributed by atoms with Crippen LogP contribution in [-0.2, 0) is 9.84 Å². The molecule has 26 heavy (non-hydrogen) atoms. The van der Waals surface area contributed by atoms with E-state index < -0.39 is 21.1 Å². The van der Waals surface area contributed by atoms with Crippen LogP contribution in [0.2, 0.25) is 0 Å². The van der Waals surface area contributed by atoms with E-state index in [0.29, 0.717) is 0 Å². The van der Waals surface area contributed by atoms with Gasteiger partial charge in [-0.2, -0.15) is 0 Å². The van der Waals surface area contributed by atoms with E-state index in [4.69, 9.17) is 0 Å². The highest BCUT2D eigenvalue weighted by molar-refractivity contribution is 7.92. The van der Waals surface area contributed by atoms with E-state index in [2.05, 4.69) is 10.6 Å². The zero-order chi connectivity index (χ0) is 18.9. The smallest absolute Gasteiger partial charge is 0.319 e. The van der Waals surface area contributed by atoms with Crippen molar-refractivity contribution in [1.29, 1.82) is 0 Å². The van der Waals surface area contributed by atoms with Crippen LogP contribution in [0.15, 0.2) is 53.4 Å². The number of hydrogen-bond donors (Lipinski definition) is 2. The summed E-state index contributed by atoms with van der Waals surface area (Å²) in [5.74, 6) is -0.143. The molecule has 0 aliphatic heterocycles. The van der Waals surface area contributed by atoms with Crippen LogP contribution in [0.25, 0.3) is 0 Å². The van der Waals surface area contributed by atoms with E-state index in [9.17, 15) is 17.6 Å². The van der Waals surface area contributed by atoms with Gasteiger partial charge in [0.1, 0.15) is 5.82 Å². The van der Waals surface area contributed by atoms with Crippen LogP contribution in [0.4, 0.5) is 14.9 Å². The topological polar surface area (TPSA) is 75.3 Å². The molecule has 2 aromatic rings. The van der Waals surface area contributed by atoms with Crippen molar-refractivity contribution in [2.75, 3.05) is 5.32 Å². The highest BCUT2D eigenvalue weighted by Gasteiger charge is 2.39. The highest BCUT2D eigenvalue weighted by Crippen LogP contribution is 2.40. The van der Waals surface area contributed by atoms with Crippen molar-refractivity contribution in [2.24, 2.45) is 0 Å². The Morgan fingerprint density at radius 1 is 1.12 bits per heavy atom. The molecule has 1 fully saturated rings. The molecule has 1 saturated carbocycles. The maximum absolute atomic E-state index is 13.0. The summed E-state index contributed by atoms with van der Waals surface area (Å²) in [4.78, 5) is 12.4. The number of urea groups is 1. The summed E-state index contributed by atoms with van der Waals surface area (Å²) in [5, 5.41) is 4.89. The first-order chi connectivity index (χ1) is 12.3. The Morgan fingerprint density at radius 2 is 1.77 bits per heavy atom. The number of nitrogens with one attached hydrogen (secondary N) is 2. The second-order valence-corrected chi connectivity index (χ2v) is 9.16. The quantitative estimate of drug-likeness (QED) is 0.836. The summed E-state index contributed by atoms with van der Waals surface area (Å²) in [7, 11) is -3.50. The van der Waals surface area contributed by atoms with E-state index in [1.165, 1.54) is 18.2 Å². The zero-order valence-corrected chi connectivity index (χ0v) is 15.4. The third kappa shape index (κ3) is 3.88. The van der Waals surface area contributed by atoms with Crippen LogP contribution in [-0.4, -0.2) is 25.7 Å². The molecule has 0 radical (unpaired) electrons. The zero-order valence-electron chi connectivity index (χ0n) is 14.6. The third-order valence-corrected chi connectivity index (χ3v) is 6.68. The molecule has 2 atom stereocenters. The Labute approximate surface area is 152 Å². The number of amides is 2. The van der Waals surface area contributed by atoms with Crippen molar-refractivity contribution in [3.63, 3.8) is 0 Å². The van der Waals surface area contributed by atoms with Crippen molar-refractivity contribution < 1.29 is 17.6 Å². The van der Waals surface area contributed by atoms with Crippen LogP contribution < -0.4 is 10.6 Å². The van der Waals surface area contributed by atoms with Gasteiger partial charge in [-0.3, -0.25) is 0 Å². The minimum Gasteiger partial charge on any atom is -0.334 e. The Hall–Kier alpha value is -2.41. The first kappa shape index (κ1) is 18.4. The van der Waals surface area contributed by atoms with E-state index >= 15 is 0 Å². The van der Waals surface area contributed by atoms with Gasteiger partial charge in [0.15, 0.2) is 9.84 Å². The number of para-hydroxylation sites is 1. The SMILES string of the molecule is CC(C)S(=O)(=O)c1ccccc1NC(=O)N[C@@H]1C[C@H]1c1ccc(F)cc1. The molecule has 2 aromatic carbocycles. The Morgan fingerprint density at radius 3 is 2.42 bits per heavy atom. The summed E-state index contributed by atoms with van der Waals surface area (Å²) in [6.45, 7) is 3.20. The van der Waals surface area contributed by atoms with Gasteiger partial charge in [0.05, 0.1) is 15.8 Å². The summed E-state index contributed by atoms with van der Waals surface area (Å²) < 4.78 is 37.8. The first-order valence-electron chi connectivity index (χ1n) is 8.45. The summed E-state index contributed by atoms with van der Waals surface area (Å²) in [5.41, 5.74) is 1.23. The predicted octanol–water partition coefficient (Wildman–Crippen LogP) is 3.69. The number of benzene rings is 2. The van der Waals surface area contributed by atoms with Gasteiger partial charge in [0.25, 0.3) is 0 Å². The molecule has 3 rings (SSSR count). The van der Waals surface area contributed by atoms with Gasteiger partial charge in [-0.15, -0.1) is 0 Å². The van der Waals surface area contributed by atoms with Crippen LogP contribution in [0.1, 0.15) is 31.7 Å². The Balaban J connectivity index is 1.66. The lowest BCUT2D eigenvalue weighted by molar-refractivity contribution is 0.251. The second kappa shape index (κ2) is 7.07. The van der Waals surface area contributed by atoms with Crippen LogP contribution in [0.5, 0.6) is 0 Å². The van der Waals surface area contributed by atoms with Gasteiger partial charge < -0.3 is 10.6 Å².